The molecule has 0 aliphatic carbocycles. The minimum Gasteiger partial charge on any atom is -0.436 e. The molecule has 1 saturated heterocycles. The van der Waals surface area contributed by atoms with Gasteiger partial charge in [0.15, 0.2) is 5.89 Å². The maximum atomic E-state index is 14.6. The van der Waals surface area contributed by atoms with Gasteiger partial charge in [0.2, 0.25) is 11.5 Å². The Morgan fingerprint density at radius 1 is 1.16 bits per heavy atom. The summed E-state index contributed by atoms with van der Waals surface area (Å²) in [5.74, 6) is 1.01. The van der Waals surface area contributed by atoms with E-state index in [-0.39, 0.29) is 11.3 Å². The van der Waals surface area contributed by atoms with E-state index in [0.29, 0.717) is 42.0 Å². The van der Waals surface area contributed by atoms with Crippen LogP contribution in [0.15, 0.2) is 41.1 Å². The van der Waals surface area contributed by atoms with Gasteiger partial charge in [-0.05, 0) is 31.2 Å². The van der Waals surface area contributed by atoms with Crippen LogP contribution in [-0.4, -0.2) is 51.6 Å². The fraction of sp³-hybridized carbons (Fsp3) is 0.273. The molecule has 1 N–H and O–H groups in total. The Kier molecular flexibility index (Phi) is 5.06. The summed E-state index contributed by atoms with van der Waals surface area (Å²) < 4.78 is 27.3. The van der Waals surface area contributed by atoms with Gasteiger partial charge in [-0.25, -0.2) is 19.3 Å². The first-order valence-corrected chi connectivity index (χ1v) is 10.2. The maximum absolute atomic E-state index is 14.6. The molecule has 1 aliphatic heterocycles. The molecule has 10 heteroatoms. The number of rotatable bonds is 4. The van der Waals surface area contributed by atoms with Crippen LogP contribution in [-0.2, 0) is 4.74 Å². The fourth-order valence-corrected chi connectivity index (χ4v) is 3.76. The summed E-state index contributed by atoms with van der Waals surface area (Å²) in [6, 6.07) is 6.04. The number of fused-ring (bicyclic) bond motifs is 1. The molecule has 0 bridgehead atoms. The van der Waals surface area contributed by atoms with Gasteiger partial charge in [-0.3, -0.25) is 9.20 Å². The van der Waals surface area contributed by atoms with Gasteiger partial charge in [0, 0.05) is 37.5 Å². The van der Waals surface area contributed by atoms with Gasteiger partial charge >= 0.3 is 0 Å². The van der Waals surface area contributed by atoms with Crippen LogP contribution in [0.2, 0.25) is 0 Å². The molecule has 4 heterocycles. The maximum Gasteiger partial charge on any atom is 0.293 e. The van der Waals surface area contributed by atoms with E-state index in [1.807, 2.05) is 10.6 Å². The number of aromatic nitrogens is 4. The first kappa shape index (κ1) is 20.1. The topological polar surface area (TPSA) is 97.8 Å². The quantitative estimate of drug-likeness (QED) is 0.524. The summed E-state index contributed by atoms with van der Waals surface area (Å²) in [5, 5.41) is 2.73. The van der Waals surface area contributed by atoms with Crippen molar-refractivity contribution in [2.75, 3.05) is 36.5 Å². The number of oxazole rings is 1. The average Bonchev–Trinajstić information content (AvgIpc) is 3.37. The summed E-state index contributed by atoms with van der Waals surface area (Å²) >= 11 is 0. The Bertz CT molecular complexity index is 1310. The number of carbonyl (C=O) groups is 1. The van der Waals surface area contributed by atoms with Gasteiger partial charge in [0.05, 0.1) is 30.8 Å². The molecule has 1 fully saturated rings. The molecule has 1 amide bonds. The number of amides is 1. The standard InChI is InChI=1S/C22H21FN6O3/c1-13-20(32-14(2)25-13)21(30)26-15-3-4-17(23)16(11-15)18-5-6-29-19(12-24-22(29)27-18)28-7-9-31-10-8-28/h3-6,11-12H,7-10H2,1-2H3,(H,26,30). The number of benzene rings is 1. The molecule has 9 nitrogen and oxygen atoms in total. The van der Waals surface area contributed by atoms with Crippen LogP contribution in [0.1, 0.15) is 22.1 Å². The number of morpholine rings is 1. The van der Waals surface area contributed by atoms with Crippen LogP contribution in [0.5, 0.6) is 0 Å². The smallest absolute Gasteiger partial charge is 0.293 e. The van der Waals surface area contributed by atoms with E-state index in [1.165, 1.54) is 18.2 Å². The van der Waals surface area contributed by atoms with E-state index in [9.17, 15) is 9.18 Å². The molecule has 3 aromatic heterocycles. The van der Waals surface area contributed by atoms with E-state index < -0.39 is 11.7 Å². The number of imidazole rings is 1. The molecule has 0 unspecified atom stereocenters. The second-order valence-corrected chi connectivity index (χ2v) is 7.49. The largest absolute Gasteiger partial charge is 0.436 e. The van der Waals surface area contributed by atoms with Gasteiger partial charge in [-0.1, -0.05) is 0 Å². The van der Waals surface area contributed by atoms with Crippen molar-refractivity contribution in [3.63, 3.8) is 0 Å². The molecular weight excluding hydrogens is 415 g/mol. The van der Waals surface area contributed by atoms with Crippen LogP contribution in [0.3, 0.4) is 0 Å². The monoisotopic (exact) mass is 436 g/mol. The summed E-state index contributed by atoms with van der Waals surface area (Å²) in [7, 11) is 0. The third-order valence-corrected chi connectivity index (χ3v) is 5.30. The molecule has 164 valence electrons. The Labute approximate surface area is 182 Å². The average molecular weight is 436 g/mol. The predicted molar refractivity (Wildman–Crippen MR) is 115 cm³/mol. The number of nitrogens with one attached hydrogen (secondary N) is 1. The zero-order valence-corrected chi connectivity index (χ0v) is 17.6. The molecule has 0 spiro atoms. The second-order valence-electron chi connectivity index (χ2n) is 7.49. The lowest BCUT2D eigenvalue weighted by Gasteiger charge is -2.27. The van der Waals surface area contributed by atoms with Crippen molar-refractivity contribution in [3.8, 4) is 11.3 Å². The van der Waals surface area contributed by atoms with Crippen molar-refractivity contribution in [2.45, 2.75) is 13.8 Å². The zero-order chi connectivity index (χ0) is 22.2. The van der Waals surface area contributed by atoms with Crippen LogP contribution in [0.4, 0.5) is 15.9 Å². The van der Waals surface area contributed by atoms with Crippen molar-refractivity contribution in [1.29, 1.82) is 0 Å². The molecule has 0 radical (unpaired) electrons. The van der Waals surface area contributed by atoms with E-state index in [0.717, 1.165) is 18.9 Å². The number of anilines is 2. The Morgan fingerprint density at radius 3 is 2.72 bits per heavy atom. The van der Waals surface area contributed by atoms with E-state index in [1.54, 1.807) is 26.1 Å². The van der Waals surface area contributed by atoms with Gasteiger partial charge in [0.25, 0.3) is 5.91 Å². The van der Waals surface area contributed by atoms with Crippen LogP contribution < -0.4 is 10.2 Å². The number of halogens is 1. The Hall–Kier alpha value is -3.79. The van der Waals surface area contributed by atoms with E-state index in [4.69, 9.17) is 9.15 Å². The normalized spacial score (nSPS) is 14.2. The first-order valence-electron chi connectivity index (χ1n) is 10.2. The van der Waals surface area contributed by atoms with E-state index in [2.05, 4.69) is 25.2 Å². The fourth-order valence-electron chi connectivity index (χ4n) is 3.76. The number of nitrogens with zero attached hydrogens (tertiary/aromatic N) is 5. The van der Waals surface area contributed by atoms with Crippen LogP contribution >= 0.6 is 0 Å². The number of carbonyl (C=O) groups excluding carboxylic acids is 1. The summed E-state index contributed by atoms with van der Waals surface area (Å²) in [6.45, 7) is 6.23. The molecule has 1 aliphatic rings. The highest BCUT2D eigenvalue weighted by Gasteiger charge is 2.19. The summed E-state index contributed by atoms with van der Waals surface area (Å²) in [5.41, 5.74) is 1.58. The summed E-state index contributed by atoms with van der Waals surface area (Å²) in [6.07, 6.45) is 3.58. The lowest BCUT2D eigenvalue weighted by molar-refractivity contribution is 0.0994. The molecule has 32 heavy (non-hydrogen) atoms. The highest BCUT2D eigenvalue weighted by molar-refractivity contribution is 6.03. The third kappa shape index (κ3) is 3.69. The van der Waals surface area contributed by atoms with Crippen molar-refractivity contribution in [2.24, 2.45) is 0 Å². The summed E-state index contributed by atoms with van der Waals surface area (Å²) in [4.78, 5) is 27.7. The van der Waals surface area contributed by atoms with Crippen LogP contribution in [0.25, 0.3) is 17.0 Å². The minimum atomic E-state index is -0.452. The molecule has 5 rings (SSSR count). The van der Waals surface area contributed by atoms with Crippen molar-refractivity contribution < 1.29 is 18.3 Å². The molecule has 4 aromatic rings. The molecular formula is C22H21FN6O3. The zero-order valence-electron chi connectivity index (χ0n) is 17.6. The van der Waals surface area contributed by atoms with Crippen molar-refractivity contribution >= 4 is 23.2 Å². The highest BCUT2D eigenvalue weighted by Crippen LogP contribution is 2.27. The number of ether oxygens (including phenoxy) is 1. The van der Waals surface area contributed by atoms with Gasteiger partial charge in [-0.15, -0.1) is 0 Å². The predicted octanol–water partition coefficient (Wildman–Crippen LogP) is 3.23. The van der Waals surface area contributed by atoms with Gasteiger partial charge in [0.1, 0.15) is 11.6 Å². The number of hydrogen-bond donors (Lipinski definition) is 1. The van der Waals surface area contributed by atoms with Gasteiger partial charge < -0.3 is 19.4 Å². The Balaban J connectivity index is 1.44. The molecule has 1 aromatic carbocycles. The second kappa shape index (κ2) is 8.04. The third-order valence-electron chi connectivity index (χ3n) is 5.30. The lowest BCUT2D eigenvalue weighted by Crippen LogP contribution is -2.36. The lowest BCUT2D eigenvalue weighted by atomic mass is 10.1. The molecule has 0 saturated carbocycles. The van der Waals surface area contributed by atoms with Crippen molar-refractivity contribution in [1.82, 2.24) is 19.4 Å². The highest BCUT2D eigenvalue weighted by atomic mass is 19.1. The van der Waals surface area contributed by atoms with Gasteiger partial charge in [-0.2, -0.15) is 0 Å². The molecule has 0 atom stereocenters. The Morgan fingerprint density at radius 2 is 1.97 bits per heavy atom. The van der Waals surface area contributed by atoms with Crippen molar-refractivity contribution in [3.05, 3.63) is 59.8 Å². The first-order chi connectivity index (χ1) is 15.5. The SMILES string of the molecule is Cc1nc(C)c(C(=O)Nc2ccc(F)c(-c3ccn4c(N5CCOCC5)cnc4n3)c2)o1. The number of hydrogen-bond acceptors (Lipinski definition) is 7. The van der Waals surface area contributed by atoms with E-state index >= 15 is 0 Å². The van der Waals surface area contributed by atoms with Crippen LogP contribution in [0, 0.1) is 19.7 Å². The minimum absolute atomic E-state index is 0.126. The number of aryl methyl sites for hydroxylation is 2.